The Kier molecular flexibility index (Phi) is 4.01. The van der Waals surface area contributed by atoms with Crippen molar-refractivity contribution in [1.29, 1.82) is 0 Å². The van der Waals surface area contributed by atoms with Gasteiger partial charge in [0.05, 0.1) is 17.6 Å². The summed E-state index contributed by atoms with van der Waals surface area (Å²) in [5.41, 5.74) is 1.96. The summed E-state index contributed by atoms with van der Waals surface area (Å²) in [6.45, 7) is 2.69. The van der Waals surface area contributed by atoms with E-state index in [1.807, 2.05) is 30.3 Å². The van der Waals surface area contributed by atoms with Gasteiger partial charge in [0.25, 0.3) is 0 Å². The van der Waals surface area contributed by atoms with Crippen LogP contribution in [0.3, 0.4) is 0 Å². The van der Waals surface area contributed by atoms with Crippen LogP contribution in [0.25, 0.3) is 5.69 Å². The molecule has 0 amide bonds. The van der Waals surface area contributed by atoms with Crippen molar-refractivity contribution in [1.82, 2.24) is 14.7 Å². The van der Waals surface area contributed by atoms with E-state index >= 15 is 0 Å². The van der Waals surface area contributed by atoms with Gasteiger partial charge in [-0.2, -0.15) is 5.10 Å². The molecule has 1 fully saturated rings. The number of rotatable bonds is 4. The lowest BCUT2D eigenvalue weighted by Gasteiger charge is -2.26. The summed E-state index contributed by atoms with van der Waals surface area (Å²) in [6, 6.07) is 9.69. The first-order chi connectivity index (χ1) is 10.3. The van der Waals surface area contributed by atoms with Gasteiger partial charge in [0.1, 0.15) is 5.56 Å². The van der Waals surface area contributed by atoms with Crippen molar-refractivity contribution in [3.05, 3.63) is 47.8 Å². The summed E-state index contributed by atoms with van der Waals surface area (Å²) >= 11 is 0. The first-order valence-electron chi connectivity index (χ1n) is 7.33. The number of hydrogen-bond donors (Lipinski definition) is 1. The number of aromatic nitrogens is 2. The zero-order chi connectivity index (χ0) is 14.7. The van der Waals surface area contributed by atoms with E-state index in [0.29, 0.717) is 12.1 Å². The molecule has 0 saturated carbocycles. The molecule has 0 unspecified atom stereocenters. The van der Waals surface area contributed by atoms with Crippen molar-refractivity contribution in [2.45, 2.75) is 25.8 Å². The van der Waals surface area contributed by atoms with E-state index < -0.39 is 5.97 Å². The average Bonchev–Trinajstić information content (AvgIpc) is 2.93. The summed E-state index contributed by atoms with van der Waals surface area (Å²) < 4.78 is 1.75. The summed E-state index contributed by atoms with van der Waals surface area (Å²) in [5.74, 6) is -0.913. The molecule has 0 radical (unpaired) electrons. The predicted molar refractivity (Wildman–Crippen MR) is 79.7 cm³/mol. The van der Waals surface area contributed by atoms with Gasteiger partial charge in [-0.25, -0.2) is 9.48 Å². The molecule has 1 aliphatic rings. The number of carboxylic acid groups (broad SMARTS) is 1. The molecule has 0 spiro atoms. The molecule has 1 aromatic carbocycles. The molecule has 0 aliphatic carbocycles. The summed E-state index contributed by atoms with van der Waals surface area (Å²) in [7, 11) is 0. The van der Waals surface area contributed by atoms with Crippen molar-refractivity contribution >= 4 is 5.97 Å². The van der Waals surface area contributed by atoms with Gasteiger partial charge in [-0.1, -0.05) is 24.6 Å². The maximum atomic E-state index is 11.4. The van der Waals surface area contributed by atoms with Crippen LogP contribution in [0, 0.1) is 0 Å². The van der Waals surface area contributed by atoms with Crippen LogP contribution in [0.15, 0.2) is 36.5 Å². The van der Waals surface area contributed by atoms with Gasteiger partial charge >= 0.3 is 5.97 Å². The van der Waals surface area contributed by atoms with E-state index in [4.69, 9.17) is 0 Å². The topological polar surface area (TPSA) is 58.4 Å². The standard InChI is InChI=1S/C16H19N3O2/c20-16(21)14-11-17-19(13-7-3-1-4-8-13)15(14)12-18-9-5-2-6-10-18/h1,3-4,7-8,11H,2,5-6,9-10,12H2,(H,20,21). The molecule has 5 nitrogen and oxygen atoms in total. The predicted octanol–water partition coefficient (Wildman–Crippen LogP) is 2.56. The molecule has 0 bridgehead atoms. The molecule has 1 aliphatic heterocycles. The Morgan fingerprint density at radius 2 is 1.86 bits per heavy atom. The summed E-state index contributed by atoms with van der Waals surface area (Å²) in [6.07, 6.45) is 5.08. The minimum Gasteiger partial charge on any atom is -0.478 e. The first-order valence-corrected chi connectivity index (χ1v) is 7.33. The van der Waals surface area contributed by atoms with Crippen LogP contribution in [0.1, 0.15) is 35.3 Å². The van der Waals surface area contributed by atoms with Crippen molar-refractivity contribution in [2.75, 3.05) is 13.1 Å². The fraction of sp³-hybridized carbons (Fsp3) is 0.375. The third-order valence-corrected chi connectivity index (χ3v) is 3.92. The van der Waals surface area contributed by atoms with Crippen LogP contribution < -0.4 is 0 Å². The van der Waals surface area contributed by atoms with Gasteiger partial charge in [-0.3, -0.25) is 4.90 Å². The number of nitrogens with zero attached hydrogens (tertiary/aromatic N) is 3. The first kappa shape index (κ1) is 13.8. The van der Waals surface area contributed by atoms with Crippen molar-refractivity contribution < 1.29 is 9.90 Å². The quantitative estimate of drug-likeness (QED) is 0.938. The van der Waals surface area contributed by atoms with Crippen molar-refractivity contribution in [3.63, 3.8) is 0 Å². The molecule has 2 heterocycles. The van der Waals surface area contributed by atoms with Gasteiger partial charge in [0, 0.05) is 6.54 Å². The van der Waals surface area contributed by atoms with Crippen LogP contribution >= 0.6 is 0 Å². The van der Waals surface area contributed by atoms with E-state index in [0.717, 1.165) is 24.5 Å². The Morgan fingerprint density at radius 3 is 2.52 bits per heavy atom. The molecule has 2 aromatic rings. The van der Waals surface area contributed by atoms with E-state index in [1.165, 1.54) is 25.5 Å². The number of likely N-dealkylation sites (tertiary alicyclic amines) is 1. The second kappa shape index (κ2) is 6.10. The zero-order valence-electron chi connectivity index (χ0n) is 11.9. The van der Waals surface area contributed by atoms with Gasteiger partial charge in [-0.15, -0.1) is 0 Å². The highest BCUT2D eigenvalue weighted by molar-refractivity contribution is 5.88. The Balaban J connectivity index is 1.95. The third kappa shape index (κ3) is 2.97. The van der Waals surface area contributed by atoms with Gasteiger partial charge in [0.15, 0.2) is 0 Å². The van der Waals surface area contributed by atoms with E-state index in [1.54, 1.807) is 4.68 Å². The third-order valence-electron chi connectivity index (χ3n) is 3.92. The largest absolute Gasteiger partial charge is 0.478 e. The fourth-order valence-corrected chi connectivity index (χ4v) is 2.83. The van der Waals surface area contributed by atoms with Crippen LogP contribution in [0.2, 0.25) is 0 Å². The Labute approximate surface area is 123 Å². The minimum atomic E-state index is -0.913. The molecule has 1 aromatic heterocycles. The molecule has 0 atom stereocenters. The number of piperidine rings is 1. The summed E-state index contributed by atoms with van der Waals surface area (Å²) in [4.78, 5) is 13.7. The molecule has 21 heavy (non-hydrogen) atoms. The molecular weight excluding hydrogens is 266 g/mol. The molecule has 110 valence electrons. The SMILES string of the molecule is O=C(O)c1cnn(-c2ccccc2)c1CN1CCCCC1. The fourth-order valence-electron chi connectivity index (χ4n) is 2.83. The maximum Gasteiger partial charge on any atom is 0.339 e. The lowest BCUT2D eigenvalue weighted by atomic mass is 10.1. The number of benzene rings is 1. The average molecular weight is 285 g/mol. The highest BCUT2D eigenvalue weighted by atomic mass is 16.4. The van der Waals surface area contributed by atoms with Gasteiger partial charge < -0.3 is 5.11 Å². The van der Waals surface area contributed by atoms with Crippen LogP contribution in [-0.2, 0) is 6.54 Å². The number of aromatic carboxylic acids is 1. The number of para-hydroxylation sites is 1. The van der Waals surface area contributed by atoms with E-state index in [-0.39, 0.29) is 0 Å². The van der Waals surface area contributed by atoms with E-state index in [2.05, 4.69) is 10.00 Å². The molecule has 5 heteroatoms. The maximum absolute atomic E-state index is 11.4. The van der Waals surface area contributed by atoms with Crippen molar-refractivity contribution in [2.24, 2.45) is 0 Å². The highest BCUT2D eigenvalue weighted by Gasteiger charge is 2.21. The second-order valence-corrected chi connectivity index (χ2v) is 5.39. The lowest BCUT2D eigenvalue weighted by Crippen LogP contribution is -2.30. The Morgan fingerprint density at radius 1 is 1.14 bits per heavy atom. The molecule has 3 rings (SSSR count). The van der Waals surface area contributed by atoms with Crippen molar-refractivity contribution in [3.8, 4) is 5.69 Å². The number of carboxylic acids is 1. The minimum absolute atomic E-state index is 0.296. The number of hydrogen-bond acceptors (Lipinski definition) is 3. The second-order valence-electron chi connectivity index (χ2n) is 5.39. The zero-order valence-corrected chi connectivity index (χ0v) is 11.9. The highest BCUT2D eigenvalue weighted by Crippen LogP contribution is 2.19. The van der Waals surface area contributed by atoms with Crippen LogP contribution in [0.4, 0.5) is 0 Å². The lowest BCUT2D eigenvalue weighted by molar-refractivity contribution is 0.0694. The number of carbonyl (C=O) groups is 1. The van der Waals surface area contributed by atoms with Gasteiger partial charge in [-0.05, 0) is 38.1 Å². The molecule has 1 saturated heterocycles. The Hall–Kier alpha value is -2.14. The van der Waals surface area contributed by atoms with Crippen LogP contribution in [-0.4, -0.2) is 38.8 Å². The monoisotopic (exact) mass is 285 g/mol. The molecule has 1 N–H and O–H groups in total. The molecular formula is C16H19N3O2. The summed E-state index contributed by atoms with van der Waals surface area (Å²) in [5, 5.41) is 13.7. The van der Waals surface area contributed by atoms with Gasteiger partial charge in [0.2, 0.25) is 0 Å². The Bertz CT molecular complexity index is 616. The van der Waals surface area contributed by atoms with E-state index in [9.17, 15) is 9.90 Å². The smallest absolute Gasteiger partial charge is 0.339 e. The van der Waals surface area contributed by atoms with Crippen LogP contribution in [0.5, 0.6) is 0 Å². The normalized spacial score (nSPS) is 16.0.